The number of thiazole rings is 1. The van der Waals surface area contributed by atoms with Gasteiger partial charge in [0.25, 0.3) is 0 Å². The third kappa shape index (κ3) is 1.23. The SMILES string of the molecule is NCC1CN(c2nccs2)C1. The largest absolute Gasteiger partial charge is 0.347 e. The highest BCUT2D eigenvalue weighted by Gasteiger charge is 2.26. The first-order chi connectivity index (χ1) is 5.40. The Morgan fingerprint density at radius 2 is 2.55 bits per heavy atom. The summed E-state index contributed by atoms with van der Waals surface area (Å²) in [4.78, 5) is 6.48. The van der Waals surface area contributed by atoms with Gasteiger partial charge in [-0.05, 0) is 6.54 Å². The van der Waals surface area contributed by atoms with Crippen LogP contribution in [0.25, 0.3) is 0 Å². The molecule has 1 aromatic rings. The van der Waals surface area contributed by atoms with Crippen LogP contribution in [0.1, 0.15) is 0 Å². The second kappa shape index (κ2) is 2.79. The van der Waals surface area contributed by atoms with E-state index in [2.05, 4.69) is 9.88 Å². The number of hydrogen-bond acceptors (Lipinski definition) is 4. The van der Waals surface area contributed by atoms with E-state index in [-0.39, 0.29) is 0 Å². The van der Waals surface area contributed by atoms with E-state index in [0.717, 1.165) is 24.8 Å². The van der Waals surface area contributed by atoms with E-state index in [0.29, 0.717) is 5.92 Å². The van der Waals surface area contributed by atoms with Gasteiger partial charge in [0.2, 0.25) is 0 Å². The Balaban J connectivity index is 1.92. The number of nitrogens with zero attached hydrogens (tertiary/aromatic N) is 2. The lowest BCUT2D eigenvalue weighted by Crippen LogP contribution is -2.49. The van der Waals surface area contributed by atoms with Crippen LogP contribution >= 0.6 is 11.3 Å². The minimum absolute atomic E-state index is 0.693. The lowest BCUT2D eigenvalue weighted by atomic mass is 10.0. The summed E-state index contributed by atoms with van der Waals surface area (Å²) in [5, 5.41) is 3.14. The van der Waals surface area contributed by atoms with Gasteiger partial charge in [0.05, 0.1) is 0 Å². The Morgan fingerprint density at radius 3 is 3.09 bits per heavy atom. The van der Waals surface area contributed by atoms with Gasteiger partial charge in [-0.1, -0.05) is 0 Å². The molecule has 0 saturated carbocycles. The highest BCUT2D eigenvalue weighted by atomic mass is 32.1. The molecule has 0 aliphatic carbocycles. The minimum Gasteiger partial charge on any atom is -0.347 e. The predicted octanol–water partition coefficient (Wildman–Crippen LogP) is 0.538. The molecule has 0 spiro atoms. The monoisotopic (exact) mass is 169 g/mol. The van der Waals surface area contributed by atoms with Gasteiger partial charge >= 0.3 is 0 Å². The quantitative estimate of drug-likeness (QED) is 0.702. The number of aromatic nitrogens is 1. The molecule has 3 nitrogen and oxygen atoms in total. The molecule has 2 heterocycles. The van der Waals surface area contributed by atoms with Crippen LogP contribution in [-0.4, -0.2) is 24.6 Å². The summed E-state index contributed by atoms with van der Waals surface area (Å²) in [7, 11) is 0. The van der Waals surface area contributed by atoms with Gasteiger partial charge in [0.1, 0.15) is 0 Å². The van der Waals surface area contributed by atoms with Gasteiger partial charge in [0, 0.05) is 30.6 Å². The first-order valence-electron chi connectivity index (χ1n) is 3.74. The van der Waals surface area contributed by atoms with Gasteiger partial charge in [-0.15, -0.1) is 11.3 Å². The van der Waals surface area contributed by atoms with Gasteiger partial charge in [-0.3, -0.25) is 0 Å². The number of hydrogen-bond donors (Lipinski definition) is 1. The Kier molecular flexibility index (Phi) is 1.79. The van der Waals surface area contributed by atoms with Crippen molar-refractivity contribution in [1.29, 1.82) is 0 Å². The minimum atomic E-state index is 0.693. The fourth-order valence-electron chi connectivity index (χ4n) is 1.25. The second-order valence-corrected chi connectivity index (χ2v) is 3.69. The van der Waals surface area contributed by atoms with Crippen LogP contribution in [0.4, 0.5) is 5.13 Å². The van der Waals surface area contributed by atoms with Crippen molar-refractivity contribution in [1.82, 2.24) is 4.98 Å². The lowest BCUT2D eigenvalue weighted by Gasteiger charge is -2.38. The van der Waals surface area contributed by atoms with Gasteiger partial charge in [-0.2, -0.15) is 0 Å². The van der Waals surface area contributed by atoms with Gasteiger partial charge in [-0.25, -0.2) is 4.98 Å². The van der Waals surface area contributed by atoms with Crippen molar-refractivity contribution in [3.8, 4) is 0 Å². The van der Waals surface area contributed by atoms with Crippen LogP contribution in [0.2, 0.25) is 0 Å². The van der Waals surface area contributed by atoms with Crippen molar-refractivity contribution in [3.05, 3.63) is 11.6 Å². The van der Waals surface area contributed by atoms with Crippen LogP contribution in [0, 0.1) is 5.92 Å². The van der Waals surface area contributed by atoms with Crippen molar-refractivity contribution in [2.45, 2.75) is 0 Å². The number of rotatable bonds is 2. The molecular weight excluding hydrogens is 158 g/mol. The van der Waals surface area contributed by atoms with Crippen molar-refractivity contribution >= 4 is 16.5 Å². The van der Waals surface area contributed by atoms with Crippen molar-refractivity contribution in [3.63, 3.8) is 0 Å². The van der Waals surface area contributed by atoms with E-state index in [1.165, 1.54) is 0 Å². The Bertz CT molecular complexity index is 216. The topological polar surface area (TPSA) is 42.1 Å². The molecule has 0 aromatic carbocycles. The van der Waals surface area contributed by atoms with E-state index in [1.54, 1.807) is 11.3 Å². The second-order valence-electron chi connectivity index (χ2n) is 2.82. The molecule has 0 atom stereocenters. The molecule has 4 heteroatoms. The van der Waals surface area contributed by atoms with E-state index in [4.69, 9.17) is 5.73 Å². The maximum atomic E-state index is 5.51. The third-order valence-electron chi connectivity index (χ3n) is 1.98. The van der Waals surface area contributed by atoms with Crippen LogP contribution in [0.5, 0.6) is 0 Å². The van der Waals surface area contributed by atoms with Crippen molar-refractivity contribution in [2.24, 2.45) is 11.7 Å². The molecule has 0 radical (unpaired) electrons. The van der Waals surface area contributed by atoms with Crippen molar-refractivity contribution < 1.29 is 0 Å². The number of nitrogens with two attached hydrogens (primary N) is 1. The molecule has 1 saturated heterocycles. The first-order valence-corrected chi connectivity index (χ1v) is 4.62. The number of anilines is 1. The molecule has 2 N–H and O–H groups in total. The fraction of sp³-hybridized carbons (Fsp3) is 0.571. The zero-order chi connectivity index (χ0) is 7.68. The summed E-state index contributed by atoms with van der Waals surface area (Å²) in [6.07, 6.45) is 1.84. The summed E-state index contributed by atoms with van der Waals surface area (Å²) < 4.78 is 0. The fourth-order valence-corrected chi connectivity index (χ4v) is 1.91. The molecule has 1 fully saturated rings. The summed E-state index contributed by atoms with van der Waals surface area (Å²) in [5.41, 5.74) is 5.51. The van der Waals surface area contributed by atoms with Gasteiger partial charge < -0.3 is 10.6 Å². The molecule has 2 rings (SSSR count). The highest BCUT2D eigenvalue weighted by molar-refractivity contribution is 7.13. The summed E-state index contributed by atoms with van der Waals surface area (Å²) >= 11 is 1.69. The van der Waals surface area contributed by atoms with Crippen LogP contribution in [0.3, 0.4) is 0 Å². The summed E-state index contributed by atoms with van der Waals surface area (Å²) in [6, 6.07) is 0. The summed E-state index contributed by atoms with van der Waals surface area (Å²) in [5.74, 6) is 0.693. The molecule has 1 aromatic heterocycles. The molecule has 0 bridgehead atoms. The average Bonchev–Trinajstić information content (AvgIpc) is 2.37. The average molecular weight is 169 g/mol. The molecule has 0 amide bonds. The molecule has 0 unspecified atom stereocenters. The van der Waals surface area contributed by atoms with Crippen LogP contribution in [-0.2, 0) is 0 Å². The predicted molar refractivity (Wildman–Crippen MR) is 46.9 cm³/mol. The Labute approximate surface area is 69.8 Å². The van der Waals surface area contributed by atoms with E-state index >= 15 is 0 Å². The smallest absolute Gasteiger partial charge is 0.185 e. The normalized spacial score (nSPS) is 18.5. The first kappa shape index (κ1) is 7.06. The van der Waals surface area contributed by atoms with Gasteiger partial charge in [0.15, 0.2) is 5.13 Å². The molecule has 1 aliphatic heterocycles. The lowest BCUT2D eigenvalue weighted by molar-refractivity contribution is 0.420. The highest BCUT2D eigenvalue weighted by Crippen LogP contribution is 2.25. The maximum absolute atomic E-state index is 5.51. The van der Waals surface area contributed by atoms with Crippen molar-refractivity contribution in [2.75, 3.05) is 24.5 Å². The Hall–Kier alpha value is -0.610. The molecule has 11 heavy (non-hydrogen) atoms. The zero-order valence-electron chi connectivity index (χ0n) is 6.23. The summed E-state index contributed by atoms with van der Waals surface area (Å²) in [6.45, 7) is 2.98. The van der Waals surface area contributed by atoms with E-state index in [9.17, 15) is 0 Å². The van der Waals surface area contributed by atoms with Crippen LogP contribution < -0.4 is 10.6 Å². The van der Waals surface area contributed by atoms with Crippen LogP contribution in [0.15, 0.2) is 11.6 Å². The Morgan fingerprint density at radius 1 is 1.73 bits per heavy atom. The standard InChI is InChI=1S/C7H11N3S/c8-3-6-4-10(5-6)7-9-1-2-11-7/h1-2,6H,3-5,8H2. The molecule has 60 valence electrons. The zero-order valence-corrected chi connectivity index (χ0v) is 7.05. The maximum Gasteiger partial charge on any atom is 0.185 e. The molecular formula is C7H11N3S. The van der Waals surface area contributed by atoms with E-state index < -0.39 is 0 Å². The third-order valence-corrected chi connectivity index (χ3v) is 2.81. The molecule has 1 aliphatic rings. The van der Waals surface area contributed by atoms with E-state index in [1.807, 2.05) is 11.6 Å².